The average Bonchev–Trinajstić information content (AvgIpc) is 3.55. The molecule has 0 saturated carbocycles. The van der Waals surface area contributed by atoms with Crippen LogP contribution in [0.2, 0.25) is 0 Å². The highest BCUT2D eigenvalue weighted by Gasteiger charge is 2.50. The fourth-order valence-corrected chi connectivity index (χ4v) is 7.40. The molecule has 5 unspecified atom stereocenters. The van der Waals surface area contributed by atoms with Gasteiger partial charge in [-0.2, -0.15) is 4.98 Å². The number of aromatic amines is 1. The van der Waals surface area contributed by atoms with Crippen LogP contribution in [0.25, 0.3) is 11.2 Å². The average molecular weight is 630 g/mol. The summed E-state index contributed by atoms with van der Waals surface area (Å²) in [5.41, 5.74) is 5.84. The highest BCUT2D eigenvalue weighted by Crippen LogP contribution is 2.61. The monoisotopic (exact) mass is 629 g/mol. The molecule has 0 aliphatic carbocycles. The Labute approximate surface area is 254 Å². The van der Waals surface area contributed by atoms with E-state index in [-0.39, 0.29) is 11.5 Å². The number of anilines is 1. The van der Waals surface area contributed by atoms with Crippen molar-refractivity contribution >= 4 is 35.3 Å². The molecule has 0 bridgehead atoms. The lowest BCUT2D eigenvalue weighted by molar-refractivity contribution is -0.0664. The van der Waals surface area contributed by atoms with Gasteiger partial charge in [0.1, 0.15) is 12.2 Å². The summed E-state index contributed by atoms with van der Waals surface area (Å²) in [5.74, 6) is -0.0155. The lowest BCUT2D eigenvalue weighted by Crippen LogP contribution is -2.36. The Hall–Kier alpha value is -1.43. The van der Waals surface area contributed by atoms with Crippen LogP contribution >= 0.6 is 18.2 Å². The van der Waals surface area contributed by atoms with Gasteiger partial charge in [0.25, 0.3) is 5.56 Å². The number of hydrogen-bond donors (Lipinski definition) is 2. The van der Waals surface area contributed by atoms with Gasteiger partial charge in [-0.25, -0.2) is 9.55 Å². The van der Waals surface area contributed by atoms with Crippen LogP contribution in [0.15, 0.2) is 11.1 Å². The SMILES string of the molecule is CCCCCCCCCCCCCCCCOC1C(OP(=O)(OC)SC)C(CC)OC1n1cnc2c(=O)[nH]c(N)nc21. The molecule has 42 heavy (non-hydrogen) atoms. The molecule has 1 aliphatic rings. The maximum atomic E-state index is 13.1. The van der Waals surface area contributed by atoms with E-state index in [1.54, 1.807) is 10.8 Å². The maximum absolute atomic E-state index is 13.1. The Balaban J connectivity index is 1.53. The molecule has 240 valence electrons. The molecule has 3 N–H and O–H groups in total. The highest BCUT2D eigenvalue weighted by atomic mass is 32.7. The van der Waals surface area contributed by atoms with Crippen LogP contribution in [-0.4, -0.2) is 57.8 Å². The number of fused-ring (bicyclic) bond motifs is 1. The fraction of sp³-hybridized carbons (Fsp3) is 0.828. The number of nitrogens with two attached hydrogens (primary N) is 1. The maximum Gasteiger partial charge on any atom is 0.389 e. The molecule has 3 heterocycles. The van der Waals surface area contributed by atoms with E-state index < -0.39 is 36.9 Å². The third kappa shape index (κ3) is 10.1. The quantitative estimate of drug-likeness (QED) is 0.1000. The molecule has 2 aromatic rings. The summed E-state index contributed by atoms with van der Waals surface area (Å²) >= 11 is 1.03. The molecule has 1 fully saturated rings. The Bertz CT molecular complexity index is 1160. The summed E-state index contributed by atoms with van der Waals surface area (Å²) in [6, 6.07) is 0. The van der Waals surface area contributed by atoms with Crippen LogP contribution in [-0.2, 0) is 23.1 Å². The van der Waals surface area contributed by atoms with Gasteiger partial charge in [-0.1, -0.05) is 97.3 Å². The lowest BCUT2D eigenvalue weighted by atomic mass is 10.0. The van der Waals surface area contributed by atoms with Gasteiger partial charge in [0, 0.05) is 13.7 Å². The number of imidazole rings is 1. The number of H-pyrrole nitrogens is 1. The van der Waals surface area contributed by atoms with E-state index in [0.29, 0.717) is 18.7 Å². The first-order valence-corrected chi connectivity index (χ1v) is 19.1. The number of nitrogens with zero attached hydrogens (tertiary/aromatic N) is 3. The molecular formula is C29H52N5O6PS. The fourth-order valence-electron chi connectivity index (χ4n) is 5.52. The third-order valence-corrected chi connectivity index (χ3v) is 11.4. The van der Waals surface area contributed by atoms with E-state index in [0.717, 1.165) is 24.2 Å². The van der Waals surface area contributed by atoms with Gasteiger partial charge in [-0.05, 0) is 30.5 Å². The predicted molar refractivity (Wildman–Crippen MR) is 170 cm³/mol. The minimum absolute atomic E-state index is 0.0155. The molecule has 0 spiro atoms. The predicted octanol–water partition coefficient (Wildman–Crippen LogP) is 7.38. The molecule has 13 heteroatoms. The van der Waals surface area contributed by atoms with Crippen molar-refractivity contribution in [3.63, 3.8) is 0 Å². The number of hydrogen-bond acceptors (Lipinski definition) is 10. The summed E-state index contributed by atoms with van der Waals surface area (Å²) in [5, 5.41) is 0. The largest absolute Gasteiger partial charge is 0.389 e. The third-order valence-electron chi connectivity index (χ3n) is 7.92. The van der Waals surface area contributed by atoms with E-state index >= 15 is 0 Å². The summed E-state index contributed by atoms with van der Waals surface area (Å²) in [6.07, 6.45) is 19.3. The minimum atomic E-state index is -3.42. The van der Waals surface area contributed by atoms with Gasteiger partial charge in [0.15, 0.2) is 17.4 Å². The van der Waals surface area contributed by atoms with Crippen molar-refractivity contribution in [2.75, 3.05) is 25.7 Å². The zero-order valence-electron chi connectivity index (χ0n) is 25.9. The zero-order chi connectivity index (χ0) is 30.4. The first-order chi connectivity index (χ1) is 20.4. The van der Waals surface area contributed by atoms with Crippen LogP contribution in [0.3, 0.4) is 0 Å². The van der Waals surface area contributed by atoms with Crippen LogP contribution in [0.5, 0.6) is 0 Å². The summed E-state index contributed by atoms with van der Waals surface area (Å²) in [6.45, 7) is 1.31. The Morgan fingerprint density at radius 2 is 1.60 bits per heavy atom. The topological polar surface area (TPSA) is 144 Å². The number of unbranched alkanes of at least 4 members (excludes halogenated alkanes) is 13. The number of ether oxygens (including phenoxy) is 2. The molecule has 2 aromatic heterocycles. The van der Waals surface area contributed by atoms with Crippen molar-refractivity contribution in [1.29, 1.82) is 0 Å². The molecule has 3 rings (SSSR count). The van der Waals surface area contributed by atoms with Crippen molar-refractivity contribution in [1.82, 2.24) is 19.5 Å². The Morgan fingerprint density at radius 1 is 1.00 bits per heavy atom. The van der Waals surface area contributed by atoms with E-state index in [1.807, 2.05) is 6.92 Å². The molecule has 0 aromatic carbocycles. The molecular weight excluding hydrogens is 577 g/mol. The standard InChI is InChI=1S/C29H52N5O6PS/c1-5-7-8-9-10-11-12-13-14-15-16-17-18-19-20-38-25-24(40-41(36,37-3)42-4)22(6-2)39-28(25)34-21-31-23-26(34)32-29(30)33-27(23)35/h21-22,24-25,28H,5-20H2,1-4H3,(H3,30,32,33,35). The summed E-state index contributed by atoms with van der Waals surface area (Å²) < 4.78 is 38.9. The Kier molecular flexibility index (Phi) is 15.4. The molecule has 1 aliphatic heterocycles. The Morgan fingerprint density at radius 3 is 2.14 bits per heavy atom. The smallest absolute Gasteiger partial charge is 0.371 e. The van der Waals surface area contributed by atoms with E-state index in [4.69, 9.17) is 24.3 Å². The number of aromatic nitrogens is 4. The zero-order valence-corrected chi connectivity index (χ0v) is 27.6. The second-order valence-electron chi connectivity index (χ2n) is 11.1. The van der Waals surface area contributed by atoms with Crippen LogP contribution in [0, 0.1) is 0 Å². The molecule has 0 amide bonds. The normalized spacial score (nSPS) is 22.2. The number of nitrogens with one attached hydrogen (secondary N) is 1. The van der Waals surface area contributed by atoms with Crippen LogP contribution in [0.1, 0.15) is 116 Å². The van der Waals surface area contributed by atoms with Crippen LogP contribution in [0.4, 0.5) is 5.95 Å². The second kappa shape index (κ2) is 18.4. The van der Waals surface area contributed by atoms with E-state index in [2.05, 4.69) is 21.9 Å². The van der Waals surface area contributed by atoms with Gasteiger partial charge in [0.2, 0.25) is 5.95 Å². The van der Waals surface area contributed by atoms with Gasteiger partial charge < -0.3 is 19.7 Å². The highest BCUT2D eigenvalue weighted by molar-refractivity contribution is 8.54. The van der Waals surface area contributed by atoms with Crippen molar-refractivity contribution in [3.8, 4) is 0 Å². The molecule has 11 nitrogen and oxygen atoms in total. The first kappa shape index (κ1) is 35.1. The second-order valence-corrected chi connectivity index (χ2v) is 15.3. The van der Waals surface area contributed by atoms with Gasteiger partial charge >= 0.3 is 6.80 Å². The minimum Gasteiger partial charge on any atom is -0.371 e. The van der Waals surface area contributed by atoms with Gasteiger partial charge in [-0.3, -0.25) is 18.9 Å². The molecule has 5 atom stereocenters. The molecule has 0 radical (unpaired) electrons. The number of rotatable bonds is 22. The first-order valence-electron chi connectivity index (χ1n) is 15.8. The summed E-state index contributed by atoms with van der Waals surface area (Å²) in [4.78, 5) is 23.4. The molecule has 1 saturated heterocycles. The lowest BCUT2D eigenvalue weighted by Gasteiger charge is -2.27. The van der Waals surface area contributed by atoms with Gasteiger partial charge in [0.05, 0.1) is 12.4 Å². The van der Waals surface area contributed by atoms with Crippen LogP contribution < -0.4 is 11.3 Å². The van der Waals surface area contributed by atoms with Crippen molar-refractivity contribution in [2.45, 2.75) is 135 Å². The van der Waals surface area contributed by atoms with Crippen molar-refractivity contribution in [3.05, 3.63) is 16.7 Å². The number of nitrogen functional groups attached to an aromatic ring is 1. The van der Waals surface area contributed by atoms with E-state index in [9.17, 15) is 9.36 Å². The van der Waals surface area contributed by atoms with E-state index in [1.165, 1.54) is 90.5 Å². The van der Waals surface area contributed by atoms with Crippen molar-refractivity contribution in [2.24, 2.45) is 0 Å². The van der Waals surface area contributed by atoms with Crippen molar-refractivity contribution < 1.29 is 23.1 Å². The van der Waals surface area contributed by atoms with Gasteiger partial charge in [-0.15, -0.1) is 0 Å². The summed E-state index contributed by atoms with van der Waals surface area (Å²) in [7, 11) is 1.37.